The molecule has 124 valence electrons. The Bertz CT molecular complexity index is 471. The van der Waals surface area contributed by atoms with Crippen molar-refractivity contribution < 1.29 is 14.6 Å². The van der Waals surface area contributed by atoms with Crippen LogP contribution in [0, 0.1) is 0 Å². The van der Waals surface area contributed by atoms with Gasteiger partial charge >= 0.3 is 0 Å². The number of amides is 1. The lowest BCUT2D eigenvalue weighted by Gasteiger charge is -2.23. The van der Waals surface area contributed by atoms with Crippen LogP contribution in [-0.4, -0.2) is 40.7 Å². The molecule has 1 rings (SSSR count). The van der Waals surface area contributed by atoms with Gasteiger partial charge in [0.15, 0.2) is 0 Å². The van der Waals surface area contributed by atoms with Crippen molar-refractivity contribution in [2.24, 2.45) is 0 Å². The standard InChI is InChI=1S/C16H23Br2NO3/c1-16(2,3)22-10-14(18)15(21)19-13(9-20)8-11-4-6-12(17)7-5-11/h4-7,13-14,20H,8-10H2,1-3H3,(H,19,21). The molecule has 22 heavy (non-hydrogen) atoms. The molecule has 0 aromatic heterocycles. The van der Waals surface area contributed by atoms with Gasteiger partial charge in [-0.15, -0.1) is 0 Å². The average molecular weight is 437 g/mol. The maximum atomic E-state index is 12.1. The van der Waals surface area contributed by atoms with Crippen molar-refractivity contribution in [2.75, 3.05) is 13.2 Å². The van der Waals surface area contributed by atoms with Crippen molar-refractivity contribution >= 4 is 37.8 Å². The quantitative estimate of drug-likeness (QED) is 0.645. The van der Waals surface area contributed by atoms with Crippen molar-refractivity contribution in [3.63, 3.8) is 0 Å². The van der Waals surface area contributed by atoms with E-state index in [1.807, 2.05) is 45.0 Å². The van der Waals surface area contributed by atoms with Crippen molar-refractivity contribution in [2.45, 2.75) is 43.7 Å². The lowest BCUT2D eigenvalue weighted by atomic mass is 10.1. The summed E-state index contributed by atoms with van der Waals surface area (Å²) in [5.74, 6) is -0.180. The molecule has 0 radical (unpaired) electrons. The van der Waals surface area contributed by atoms with Crippen LogP contribution in [0.2, 0.25) is 0 Å². The number of nitrogens with one attached hydrogen (secondary N) is 1. The molecule has 0 fully saturated rings. The van der Waals surface area contributed by atoms with Gasteiger partial charge in [0.25, 0.3) is 0 Å². The Labute approximate surface area is 148 Å². The van der Waals surface area contributed by atoms with Crippen LogP contribution in [-0.2, 0) is 16.0 Å². The van der Waals surface area contributed by atoms with Gasteiger partial charge in [-0.25, -0.2) is 0 Å². The fourth-order valence-corrected chi connectivity index (χ4v) is 2.29. The van der Waals surface area contributed by atoms with Gasteiger partial charge in [0.05, 0.1) is 24.9 Å². The molecule has 4 nitrogen and oxygen atoms in total. The predicted molar refractivity (Wildman–Crippen MR) is 95.3 cm³/mol. The van der Waals surface area contributed by atoms with E-state index in [2.05, 4.69) is 37.2 Å². The van der Waals surface area contributed by atoms with Gasteiger partial charge in [-0.2, -0.15) is 0 Å². The molecule has 6 heteroatoms. The van der Waals surface area contributed by atoms with Crippen LogP contribution in [0.4, 0.5) is 0 Å². The van der Waals surface area contributed by atoms with Gasteiger partial charge in [0, 0.05) is 4.47 Å². The molecule has 1 aromatic carbocycles. The predicted octanol–water partition coefficient (Wildman–Crippen LogP) is 3.05. The lowest BCUT2D eigenvalue weighted by molar-refractivity contribution is -0.123. The highest BCUT2D eigenvalue weighted by Crippen LogP contribution is 2.13. The molecule has 0 spiro atoms. The van der Waals surface area contributed by atoms with Crippen molar-refractivity contribution in [3.05, 3.63) is 34.3 Å². The summed E-state index contributed by atoms with van der Waals surface area (Å²) in [4.78, 5) is 11.7. The Morgan fingerprint density at radius 3 is 2.41 bits per heavy atom. The van der Waals surface area contributed by atoms with E-state index in [4.69, 9.17) is 4.74 Å². The van der Waals surface area contributed by atoms with Gasteiger partial charge in [-0.05, 0) is 44.9 Å². The van der Waals surface area contributed by atoms with Crippen LogP contribution in [0.1, 0.15) is 26.3 Å². The van der Waals surface area contributed by atoms with Gasteiger partial charge in [0.1, 0.15) is 4.83 Å². The van der Waals surface area contributed by atoms with E-state index >= 15 is 0 Å². The van der Waals surface area contributed by atoms with E-state index in [-0.39, 0.29) is 30.8 Å². The van der Waals surface area contributed by atoms with Crippen LogP contribution < -0.4 is 5.32 Å². The van der Waals surface area contributed by atoms with Crippen LogP contribution in [0.15, 0.2) is 28.7 Å². The first-order valence-electron chi connectivity index (χ1n) is 7.15. The Hall–Kier alpha value is -0.430. The number of halogens is 2. The highest BCUT2D eigenvalue weighted by molar-refractivity contribution is 9.10. The number of alkyl halides is 1. The van der Waals surface area contributed by atoms with Crippen LogP contribution in [0.3, 0.4) is 0 Å². The molecule has 2 N–H and O–H groups in total. The van der Waals surface area contributed by atoms with Gasteiger partial charge in [0.2, 0.25) is 5.91 Å². The molecule has 0 heterocycles. The number of benzene rings is 1. The lowest BCUT2D eigenvalue weighted by Crippen LogP contribution is -2.44. The monoisotopic (exact) mass is 435 g/mol. The number of aliphatic hydroxyl groups excluding tert-OH is 1. The van der Waals surface area contributed by atoms with E-state index in [9.17, 15) is 9.90 Å². The SMILES string of the molecule is CC(C)(C)OCC(Br)C(=O)NC(CO)Cc1ccc(Br)cc1. The summed E-state index contributed by atoms with van der Waals surface area (Å²) in [6.45, 7) is 5.99. The molecule has 1 aromatic rings. The summed E-state index contributed by atoms with van der Waals surface area (Å²) in [5, 5.41) is 12.3. The number of hydrogen-bond acceptors (Lipinski definition) is 3. The summed E-state index contributed by atoms with van der Waals surface area (Å²) >= 11 is 6.71. The molecule has 0 bridgehead atoms. The van der Waals surface area contributed by atoms with E-state index < -0.39 is 4.83 Å². The Morgan fingerprint density at radius 1 is 1.32 bits per heavy atom. The zero-order valence-corrected chi connectivity index (χ0v) is 16.3. The summed E-state index contributed by atoms with van der Waals surface area (Å²) in [5.41, 5.74) is 0.764. The Kier molecular flexibility index (Phi) is 8.03. The first-order valence-corrected chi connectivity index (χ1v) is 8.86. The molecule has 0 saturated carbocycles. The molecule has 0 aliphatic rings. The fraction of sp³-hybridized carbons (Fsp3) is 0.562. The number of rotatable bonds is 7. The van der Waals surface area contributed by atoms with Crippen molar-refractivity contribution in [3.8, 4) is 0 Å². The van der Waals surface area contributed by atoms with Crippen molar-refractivity contribution in [1.29, 1.82) is 0 Å². The fourth-order valence-electron chi connectivity index (χ4n) is 1.76. The highest BCUT2D eigenvalue weighted by Gasteiger charge is 2.21. The number of ether oxygens (including phenoxy) is 1. The number of aliphatic hydroxyl groups is 1. The molecule has 0 aliphatic carbocycles. The van der Waals surface area contributed by atoms with E-state index in [0.717, 1.165) is 10.0 Å². The normalized spacial score (nSPS) is 14.5. The maximum Gasteiger partial charge on any atom is 0.236 e. The summed E-state index contributed by atoms with van der Waals surface area (Å²) in [6.07, 6.45) is 0.579. The van der Waals surface area contributed by atoms with Crippen molar-refractivity contribution in [1.82, 2.24) is 5.32 Å². The molecule has 0 saturated heterocycles. The second-order valence-electron chi connectivity index (χ2n) is 6.11. The number of hydrogen-bond donors (Lipinski definition) is 2. The maximum absolute atomic E-state index is 12.1. The van der Waals surface area contributed by atoms with Gasteiger partial charge in [-0.3, -0.25) is 4.79 Å². The molecule has 2 atom stereocenters. The van der Waals surface area contributed by atoms with E-state index in [1.54, 1.807) is 0 Å². The van der Waals surface area contributed by atoms with Gasteiger partial charge < -0.3 is 15.2 Å². The first-order chi connectivity index (χ1) is 10.2. The van der Waals surface area contributed by atoms with E-state index in [1.165, 1.54) is 0 Å². The third-order valence-electron chi connectivity index (χ3n) is 2.91. The zero-order valence-electron chi connectivity index (χ0n) is 13.1. The van der Waals surface area contributed by atoms with E-state index in [0.29, 0.717) is 6.42 Å². The largest absolute Gasteiger partial charge is 0.394 e. The minimum absolute atomic E-state index is 0.109. The third kappa shape index (κ3) is 7.72. The Morgan fingerprint density at radius 2 is 1.91 bits per heavy atom. The second-order valence-corrected chi connectivity index (χ2v) is 8.13. The highest BCUT2D eigenvalue weighted by atomic mass is 79.9. The molecule has 1 amide bonds. The van der Waals surface area contributed by atoms with Crippen LogP contribution >= 0.6 is 31.9 Å². The number of carbonyl (C=O) groups excluding carboxylic acids is 1. The first kappa shape index (κ1) is 19.6. The van der Waals surface area contributed by atoms with Crippen LogP contribution in [0.25, 0.3) is 0 Å². The molecular weight excluding hydrogens is 414 g/mol. The minimum atomic E-state index is -0.439. The van der Waals surface area contributed by atoms with Gasteiger partial charge in [-0.1, -0.05) is 44.0 Å². The zero-order chi connectivity index (χ0) is 16.8. The summed E-state index contributed by atoms with van der Waals surface area (Å²) in [6, 6.07) is 7.50. The third-order valence-corrected chi connectivity index (χ3v) is 4.12. The summed E-state index contributed by atoms with van der Waals surface area (Å²) < 4.78 is 6.58. The topological polar surface area (TPSA) is 58.6 Å². The smallest absolute Gasteiger partial charge is 0.236 e. The Balaban J connectivity index is 2.50. The minimum Gasteiger partial charge on any atom is -0.394 e. The molecular formula is C16H23Br2NO3. The molecule has 0 aliphatic heterocycles. The van der Waals surface area contributed by atoms with Crippen LogP contribution in [0.5, 0.6) is 0 Å². The summed E-state index contributed by atoms with van der Waals surface area (Å²) in [7, 11) is 0. The average Bonchev–Trinajstić information content (AvgIpc) is 2.45. The number of carbonyl (C=O) groups is 1. The molecule has 2 unspecified atom stereocenters. The second kappa shape index (κ2) is 9.01.